The Morgan fingerprint density at radius 2 is 1.95 bits per heavy atom. The number of carboxylic acids is 1. The summed E-state index contributed by atoms with van der Waals surface area (Å²) in [7, 11) is 1.49. The zero-order chi connectivity index (χ0) is 16.2. The topological polar surface area (TPSA) is 82.5 Å². The first kappa shape index (κ1) is 21.0. The number of amides is 2. The number of aromatic nitrogens is 1. The van der Waals surface area contributed by atoms with Crippen molar-refractivity contribution < 1.29 is 14.7 Å². The smallest absolute Gasteiger partial charge is 0.326 e. The van der Waals surface area contributed by atoms with Crippen LogP contribution in [0.1, 0.15) is 44.3 Å². The van der Waals surface area contributed by atoms with E-state index in [1.807, 2.05) is 5.38 Å². The van der Waals surface area contributed by atoms with E-state index in [-0.39, 0.29) is 24.8 Å². The molecule has 0 saturated carbocycles. The summed E-state index contributed by atoms with van der Waals surface area (Å²) in [6, 6.07) is -1.25. The molecule has 0 aliphatic heterocycles. The number of nitrogens with zero attached hydrogens (tertiary/aromatic N) is 2. The van der Waals surface area contributed by atoms with Crippen LogP contribution >= 0.6 is 11.3 Å². The quantitative estimate of drug-likeness (QED) is 0.787. The fourth-order valence-electron chi connectivity index (χ4n) is 1.98. The van der Waals surface area contributed by atoms with Crippen LogP contribution < -0.4 is 5.32 Å². The van der Waals surface area contributed by atoms with Crippen molar-refractivity contribution in [2.75, 3.05) is 7.05 Å². The second-order valence-electron chi connectivity index (χ2n) is 5.63. The number of hydrogen-bond acceptors (Lipinski definition) is 4. The van der Waals surface area contributed by atoms with Crippen molar-refractivity contribution in [2.45, 2.75) is 46.2 Å². The molecule has 119 valence electrons. The minimum Gasteiger partial charge on any atom is -0.480 e. The average Bonchev–Trinajstić information content (AvgIpc) is 2.83. The molecule has 1 atom stereocenters. The van der Waals surface area contributed by atoms with E-state index in [1.165, 1.54) is 11.9 Å². The molecule has 2 N–H and O–H groups in total. The van der Waals surface area contributed by atoms with Crippen molar-refractivity contribution in [3.8, 4) is 0 Å². The van der Waals surface area contributed by atoms with Gasteiger partial charge in [0.05, 0.1) is 17.2 Å². The van der Waals surface area contributed by atoms with Crippen LogP contribution in [0.25, 0.3) is 0 Å². The zero-order valence-corrected chi connectivity index (χ0v) is 14.9. The van der Waals surface area contributed by atoms with Crippen molar-refractivity contribution in [1.29, 1.82) is 0 Å². The normalized spacial score (nSPS) is 12.0. The standard InChI is InChI=1S/C14H23N3O3S.Li/c1-8(2)11(13(18)19)17(5)14(20)15-6-10-7-21-12(16-10)9(3)4;/h7-9,11H,6H2,1-5H3,(H,15,20)(H,18,19);/t11-;/m0./s1. The van der Waals surface area contributed by atoms with Gasteiger partial charge in [-0.15, -0.1) is 11.3 Å². The van der Waals surface area contributed by atoms with Gasteiger partial charge in [-0.2, -0.15) is 0 Å². The number of nitrogens with one attached hydrogen (secondary N) is 1. The Kier molecular flexibility index (Phi) is 8.75. The number of rotatable bonds is 6. The Bertz CT molecular complexity index is 505. The van der Waals surface area contributed by atoms with E-state index in [2.05, 4.69) is 24.1 Å². The molecule has 0 spiro atoms. The summed E-state index contributed by atoms with van der Waals surface area (Å²) in [4.78, 5) is 28.9. The van der Waals surface area contributed by atoms with Crippen molar-refractivity contribution >= 4 is 42.2 Å². The maximum absolute atomic E-state index is 12.0. The van der Waals surface area contributed by atoms with E-state index in [9.17, 15) is 14.7 Å². The van der Waals surface area contributed by atoms with Crippen LogP contribution in [-0.2, 0) is 11.3 Å². The molecule has 1 radical (unpaired) electrons. The Balaban J connectivity index is 0.00000441. The van der Waals surface area contributed by atoms with Gasteiger partial charge in [0.25, 0.3) is 0 Å². The summed E-state index contributed by atoms with van der Waals surface area (Å²) in [5.41, 5.74) is 0.793. The maximum atomic E-state index is 12.0. The van der Waals surface area contributed by atoms with Crippen molar-refractivity contribution in [1.82, 2.24) is 15.2 Å². The number of urea groups is 1. The van der Waals surface area contributed by atoms with E-state index in [0.29, 0.717) is 12.5 Å². The van der Waals surface area contributed by atoms with Gasteiger partial charge >= 0.3 is 12.0 Å². The first-order valence-electron chi connectivity index (χ1n) is 6.91. The predicted octanol–water partition coefficient (Wildman–Crippen LogP) is 2.14. The fourth-order valence-corrected chi connectivity index (χ4v) is 2.82. The SMILES string of the molecule is CC(C)c1nc(CNC(=O)N(C)[C@H](C(=O)O)C(C)C)cs1.[Li]. The van der Waals surface area contributed by atoms with Crippen LogP contribution in [0.3, 0.4) is 0 Å². The number of aliphatic carboxylic acids is 1. The van der Waals surface area contributed by atoms with Crippen LogP contribution in [0.4, 0.5) is 4.79 Å². The molecule has 0 aromatic carbocycles. The fraction of sp³-hybridized carbons (Fsp3) is 0.643. The van der Waals surface area contributed by atoms with Crippen LogP contribution in [0.2, 0.25) is 0 Å². The van der Waals surface area contributed by atoms with Crippen LogP contribution in [0.5, 0.6) is 0 Å². The number of carbonyl (C=O) groups is 2. The summed E-state index contributed by atoms with van der Waals surface area (Å²) >= 11 is 1.56. The monoisotopic (exact) mass is 320 g/mol. The Morgan fingerprint density at radius 3 is 2.36 bits per heavy atom. The number of hydrogen-bond donors (Lipinski definition) is 2. The van der Waals surface area contributed by atoms with Crippen LogP contribution in [-0.4, -0.2) is 58.9 Å². The Morgan fingerprint density at radius 1 is 1.36 bits per heavy atom. The molecule has 8 heteroatoms. The number of likely N-dealkylation sites (N-methyl/N-ethyl adjacent to an activating group) is 1. The molecule has 1 rings (SSSR count). The summed E-state index contributed by atoms with van der Waals surface area (Å²) in [6.45, 7) is 7.98. The summed E-state index contributed by atoms with van der Waals surface area (Å²) in [6.07, 6.45) is 0. The summed E-state index contributed by atoms with van der Waals surface area (Å²) < 4.78 is 0. The first-order valence-corrected chi connectivity index (χ1v) is 7.79. The van der Waals surface area contributed by atoms with Gasteiger partial charge < -0.3 is 15.3 Å². The first-order chi connectivity index (χ1) is 9.73. The van der Waals surface area contributed by atoms with Gasteiger partial charge in [0, 0.05) is 37.2 Å². The molecule has 0 bridgehead atoms. The van der Waals surface area contributed by atoms with Gasteiger partial charge in [0.1, 0.15) is 6.04 Å². The van der Waals surface area contributed by atoms with E-state index < -0.39 is 18.0 Å². The van der Waals surface area contributed by atoms with Gasteiger partial charge in [-0.3, -0.25) is 0 Å². The molecule has 2 amide bonds. The van der Waals surface area contributed by atoms with E-state index in [0.717, 1.165) is 10.7 Å². The molecule has 0 aliphatic rings. The van der Waals surface area contributed by atoms with Gasteiger partial charge in [-0.1, -0.05) is 27.7 Å². The minimum atomic E-state index is -1.00. The van der Waals surface area contributed by atoms with Gasteiger partial charge in [-0.25, -0.2) is 14.6 Å². The van der Waals surface area contributed by atoms with Crippen LogP contribution in [0, 0.1) is 5.92 Å². The summed E-state index contributed by atoms with van der Waals surface area (Å²) in [5, 5.41) is 14.8. The second kappa shape index (κ2) is 9.18. The Hall–Kier alpha value is -1.03. The third-order valence-corrected chi connectivity index (χ3v) is 4.30. The Labute approximate surface area is 147 Å². The third-order valence-electron chi connectivity index (χ3n) is 3.11. The average molecular weight is 320 g/mol. The molecule has 1 aromatic rings. The predicted molar refractivity (Wildman–Crippen MR) is 88.2 cm³/mol. The summed E-state index contributed by atoms with van der Waals surface area (Å²) in [5.74, 6) is -0.803. The van der Waals surface area contributed by atoms with E-state index in [1.54, 1.807) is 25.2 Å². The molecule has 0 aliphatic carbocycles. The molecule has 6 nitrogen and oxygen atoms in total. The number of carboxylic acid groups (broad SMARTS) is 1. The van der Waals surface area contributed by atoms with E-state index >= 15 is 0 Å². The minimum absolute atomic E-state index is 0. The molecule has 0 fully saturated rings. The van der Waals surface area contributed by atoms with Gasteiger partial charge in [0.15, 0.2) is 0 Å². The molecule has 22 heavy (non-hydrogen) atoms. The van der Waals surface area contributed by atoms with Crippen molar-refractivity contribution in [3.05, 3.63) is 16.1 Å². The molecule has 1 heterocycles. The zero-order valence-electron chi connectivity index (χ0n) is 14.1. The second-order valence-corrected chi connectivity index (χ2v) is 6.52. The molecule has 1 aromatic heterocycles. The van der Waals surface area contributed by atoms with Crippen molar-refractivity contribution in [3.63, 3.8) is 0 Å². The molecule has 0 unspecified atom stereocenters. The number of carbonyl (C=O) groups excluding carboxylic acids is 1. The van der Waals surface area contributed by atoms with Crippen molar-refractivity contribution in [2.24, 2.45) is 5.92 Å². The molecule has 0 saturated heterocycles. The van der Waals surface area contributed by atoms with E-state index in [4.69, 9.17) is 0 Å². The third kappa shape index (κ3) is 5.63. The largest absolute Gasteiger partial charge is 0.480 e. The number of thiazole rings is 1. The van der Waals surface area contributed by atoms with Crippen LogP contribution in [0.15, 0.2) is 5.38 Å². The van der Waals surface area contributed by atoms with Gasteiger partial charge in [-0.05, 0) is 5.92 Å². The maximum Gasteiger partial charge on any atom is 0.326 e. The van der Waals surface area contributed by atoms with Gasteiger partial charge in [0.2, 0.25) is 0 Å². The molecular weight excluding hydrogens is 297 g/mol. The molecular formula is C14H23LiN3O3S.